The fraction of sp³-hybridized carbons (Fsp3) is 0.364. The SMILES string of the molecule is O=C(NCc1ccccc1)c1c(CN2CCC(N3CCOCC3)CC2)c(-c2cccc(C(F)(F)F)c2)nc2ccc(=O)[nH]c12. The first-order valence-corrected chi connectivity index (χ1v) is 14.9. The Labute approximate surface area is 252 Å². The van der Waals surface area contributed by atoms with Crippen LogP contribution in [0.25, 0.3) is 22.3 Å². The minimum Gasteiger partial charge on any atom is -0.379 e. The summed E-state index contributed by atoms with van der Waals surface area (Å²) in [5.41, 5.74) is 1.50. The highest BCUT2D eigenvalue weighted by Crippen LogP contribution is 2.35. The Morgan fingerprint density at radius 1 is 0.977 bits per heavy atom. The molecule has 2 aromatic heterocycles. The number of aromatic nitrogens is 2. The van der Waals surface area contributed by atoms with Gasteiger partial charge < -0.3 is 15.0 Å². The summed E-state index contributed by atoms with van der Waals surface area (Å²) in [6.07, 6.45) is -2.70. The number of carbonyl (C=O) groups excluding carboxylic acids is 1. The number of carbonyl (C=O) groups is 1. The smallest absolute Gasteiger partial charge is 0.379 e. The number of halogens is 3. The largest absolute Gasteiger partial charge is 0.416 e. The molecule has 6 rings (SSSR count). The molecule has 11 heteroatoms. The number of benzene rings is 2. The lowest BCUT2D eigenvalue weighted by Gasteiger charge is -2.40. The van der Waals surface area contributed by atoms with E-state index in [1.807, 2.05) is 30.3 Å². The Morgan fingerprint density at radius 3 is 2.45 bits per heavy atom. The van der Waals surface area contributed by atoms with Crippen molar-refractivity contribution in [1.29, 1.82) is 0 Å². The standard InChI is InChI=1S/C33H34F3N5O3/c34-33(35,36)24-8-4-7-23(19-24)30-26(21-40-13-11-25(12-14-40)41-15-17-44-18-16-41)29(31-27(38-30)9-10-28(42)39-31)32(43)37-20-22-5-2-1-3-6-22/h1-10,19,25H,11-18,20-21H2,(H,37,43)(H,39,42). The molecule has 230 valence electrons. The molecule has 8 nitrogen and oxygen atoms in total. The zero-order valence-electron chi connectivity index (χ0n) is 24.2. The first kappa shape index (κ1) is 30.0. The van der Waals surface area contributed by atoms with Gasteiger partial charge in [0, 0.05) is 49.4 Å². The number of H-pyrrole nitrogens is 1. The molecule has 0 aliphatic carbocycles. The van der Waals surface area contributed by atoms with E-state index in [9.17, 15) is 22.8 Å². The van der Waals surface area contributed by atoms with E-state index in [-0.39, 0.29) is 35.4 Å². The fourth-order valence-corrected chi connectivity index (χ4v) is 6.17. The van der Waals surface area contributed by atoms with Crippen LogP contribution < -0.4 is 10.9 Å². The monoisotopic (exact) mass is 605 g/mol. The van der Waals surface area contributed by atoms with Crippen LogP contribution in [0.4, 0.5) is 13.2 Å². The summed E-state index contributed by atoms with van der Waals surface area (Å²) in [7, 11) is 0. The van der Waals surface area contributed by atoms with Crippen LogP contribution in [0.3, 0.4) is 0 Å². The predicted octanol–water partition coefficient (Wildman–Crippen LogP) is 4.84. The summed E-state index contributed by atoms with van der Waals surface area (Å²) in [6, 6.07) is 17.7. The fourth-order valence-electron chi connectivity index (χ4n) is 6.17. The Kier molecular flexibility index (Phi) is 8.79. The molecular formula is C33H34F3N5O3. The van der Waals surface area contributed by atoms with Crippen LogP contribution in [0.2, 0.25) is 0 Å². The van der Waals surface area contributed by atoms with Crippen molar-refractivity contribution < 1.29 is 22.7 Å². The molecule has 2 aliphatic rings. The number of amides is 1. The van der Waals surface area contributed by atoms with Crippen LogP contribution in [0.1, 0.15) is 39.9 Å². The number of alkyl halides is 3. The number of piperidine rings is 1. The average molecular weight is 606 g/mol. The molecule has 44 heavy (non-hydrogen) atoms. The molecule has 0 unspecified atom stereocenters. The van der Waals surface area contributed by atoms with Crippen molar-refractivity contribution in [3.8, 4) is 11.3 Å². The van der Waals surface area contributed by atoms with Gasteiger partial charge in [-0.2, -0.15) is 13.2 Å². The molecule has 4 heterocycles. The number of fused-ring (bicyclic) bond motifs is 1. The Morgan fingerprint density at radius 2 is 1.73 bits per heavy atom. The highest BCUT2D eigenvalue weighted by Gasteiger charge is 2.32. The first-order valence-electron chi connectivity index (χ1n) is 14.9. The van der Waals surface area contributed by atoms with Crippen LogP contribution in [0.5, 0.6) is 0 Å². The molecule has 2 fully saturated rings. The van der Waals surface area contributed by atoms with E-state index < -0.39 is 23.2 Å². The molecule has 0 saturated carbocycles. The molecule has 0 bridgehead atoms. The normalized spacial score (nSPS) is 17.2. The van der Waals surface area contributed by atoms with E-state index in [0.29, 0.717) is 17.1 Å². The van der Waals surface area contributed by atoms with Gasteiger partial charge in [0.05, 0.1) is 41.1 Å². The summed E-state index contributed by atoms with van der Waals surface area (Å²) in [5, 5.41) is 2.96. The molecule has 2 aliphatic heterocycles. The number of pyridine rings is 2. The highest BCUT2D eigenvalue weighted by atomic mass is 19.4. The van der Waals surface area contributed by atoms with E-state index in [4.69, 9.17) is 9.72 Å². The minimum atomic E-state index is -4.55. The van der Waals surface area contributed by atoms with Gasteiger partial charge in [-0.15, -0.1) is 0 Å². The summed E-state index contributed by atoms with van der Waals surface area (Å²) in [4.78, 5) is 38.7. The van der Waals surface area contributed by atoms with Crippen molar-refractivity contribution >= 4 is 16.9 Å². The number of hydrogen-bond donors (Lipinski definition) is 2. The van der Waals surface area contributed by atoms with E-state index in [0.717, 1.165) is 69.9 Å². The average Bonchev–Trinajstić information content (AvgIpc) is 3.04. The number of morpholine rings is 1. The number of aromatic amines is 1. The van der Waals surface area contributed by atoms with Gasteiger partial charge >= 0.3 is 6.18 Å². The van der Waals surface area contributed by atoms with Crippen LogP contribution in [0, 0.1) is 0 Å². The second-order valence-corrected chi connectivity index (χ2v) is 11.3. The van der Waals surface area contributed by atoms with Crippen molar-refractivity contribution in [1.82, 2.24) is 25.1 Å². The first-order chi connectivity index (χ1) is 21.3. The lowest BCUT2D eigenvalue weighted by atomic mass is 9.95. The zero-order valence-corrected chi connectivity index (χ0v) is 24.2. The van der Waals surface area contributed by atoms with Gasteiger partial charge in [-0.1, -0.05) is 42.5 Å². The molecule has 2 saturated heterocycles. The molecule has 0 spiro atoms. The number of hydrogen-bond acceptors (Lipinski definition) is 6. The van der Waals surface area contributed by atoms with Crippen molar-refractivity contribution in [2.75, 3.05) is 39.4 Å². The van der Waals surface area contributed by atoms with Gasteiger partial charge in [-0.3, -0.25) is 19.4 Å². The Hall–Kier alpha value is -4.06. The third-order valence-corrected chi connectivity index (χ3v) is 8.45. The summed E-state index contributed by atoms with van der Waals surface area (Å²) in [6.45, 7) is 5.28. The molecule has 2 aromatic carbocycles. The Bertz CT molecular complexity index is 1680. The number of nitrogens with zero attached hydrogens (tertiary/aromatic N) is 3. The van der Waals surface area contributed by atoms with Gasteiger partial charge in [-0.05, 0) is 49.7 Å². The molecule has 0 atom stereocenters. The number of nitrogens with one attached hydrogen (secondary N) is 2. The number of ether oxygens (including phenoxy) is 1. The summed E-state index contributed by atoms with van der Waals surface area (Å²) < 4.78 is 46.8. The lowest BCUT2D eigenvalue weighted by Crippen LogP contribution is -2.48. The van der Waals surface area contributed by atoms with Gasteiger partial charge in [-0.25, -0.2) is 4.98 Å². The van der Waals surface area contributed by atoms with Crippen LogP contribution in [0.15, 0.2) is 71.5 Å². The number of rotatable bonds is 7. The third kappa shape index (κ3) is 6.69. The molecular weight excluding hydrogens is 571 g/mol. The second-order valence-electron chi connectivity index (χ2n) is 11.3. The van der Waals surface area contributed by atoms with Gasteiger partial charge in [0.1, 0.15) is 0 Å². The maximum Gasteiger partial charge on any atom is 0.416 e. The second kappa shape index (κ2) is 12.9. The van der Waals surface area contributed by atoms with Crippen molar-refractivity contribution in [2.24, 2.45) is 0 Å². The highest BCUT2D eigenvalue weighted by molar-refractivity contribution is 6.07. The molecule has 4 aromatic rings. The topological polar surface area (TPSA) is 90.6 Å². The Balaban J connectivity index is 1.41. The van der Waals surface area contributed by atoms with E-state index in [1.54, 1.807) is 6.07 Å². The zero-order chi connectivity index (χ0) is 30.7. The molecule has 0 radical (unpaired) electrons. The quantitative estimate of drug-likeness (QED) is 0.314. The number of likely N-dealkylation sites (tertiary alicyclic amines) is 1. The maximum atomic E-state index is 14.0. The maximum absolute atomic E-state index is 14.0. The molecule has 1 amide bonds. The van der Waals surface area contributed by atoms with E-state index in [2.05, 4.69) is 20.1 Å². The summed E-state index contributed by atoms with van der Waals surface area (Å²) in [5.74, 6) is -0.436. The van der Waals surface area contributed by atoms with Crippen LogP contribution >= 0.6 is 0 Å². The van der Waals surface area contributed by atoms with E-state index in [1.165, 1.54) is 18.2 Å². The molecule has 2 N–H and O–H groups in total. The van der Waals surface area contributed by atoms with Crippen molar-refractivity contribution in [3.63, 3.8) is 0 Å². The van der Waals surface area contributed by atoms with Crippen LogP contribution in [-0.2, 0) is 24.0 Å². The van der Waals surface area contributed by atoms with Crippen LogP contribution in [-0.4, -0.2) is 71.1 Å². The lowest BCUT2D eigenvalue weighted by molar-refractivity contribution is -0.137. The van der Waals surface area contributed by atoms with Crippen molar-refractivity contribution in [2.45, 2.75) is 38.1 Å². The van der Waals surface area contributed by atoms with Gasteiger partial charge in [0.2, 0.25) is 5.56 Å². The van der Waals surface area contributed by atoms with Crippen molar-refractivity contribution in [3.05, 3.63) is 99.3 Å². The van der Waals surface area contributed by atoms with Gasteiger partial charge in [0.15, 0.2) is 0 Å². The minimum absolute atomic E-state index is 0.214. The van der Waals surface area contributed by atoms with Gasteiger partial charge in [0.25, 0.3) is 5.91 Å². The third-order valence-electron chi connectivity index (χ3n) is 8.45. The van der Waals surface area contributed by atoms with E-state index >= 15 is 0 Å². The summed E-state index contributed by atoms with van der Waals surface area (Å²) >= 11 is 0. The predicted molar refractivity (Wildman–Crippen MR) is 161 cm³/mol.